The molecule has 1 aromatic heterocycles. The molecular weight excluding hydrogens is 410 g/mol. The van der Waals surface area contributed by atoms with Gasteiger partial charge in [0, 0.05) is 18.2 Å². The Morgan fingerprint density at radius 3 is 2.70 bits per heavy atom. The molecule has 2 aromatic carbocycles. The van der Waals surface area contributed by atoms with Crippen molar-refractivity contribution in [3.05, 3.63) is 69.0 Å². The number of benzene rings is 2. The Balaban J connectivity index is 2.01. The van der Waals surface area contributed by atoms with Crippen LogP contribution in [0, 0.1) is 10.1 Å². The number of ether oxygens (including phenoxy) is 2. The zero-order chi connectivity index (χ0) is 21.7. The smallest absolute Gasteiger partial charge is 0.325 e. The Hall–Kier alpha value is -3.79. The third kappa shape index (κ3) is 4.61. The molecule has 0 atom stereocenters. The minimum Gasteiger partial charge on any atom is -0.495 e. The van der Waals surface area contributed by atoms with Crippen molar-refractivity contribution >= 4 is 45.2 Å². The van der Waals surface area contributed by atoms with Crippen LogP contribution < -0.4 is 9.54 Å². The summed E-state index contributed by atoms with van der Waals surface area (Å²) in [5.74, 6) is -0.541. The number of methoxy groups -OCH3 is 2. The number of esters is 1. The highest BCUT2D eigenvalue weighted by Crippen LogP contribution is 2.27. The van der Waals surface area contributed by atoms with Crippen molar-refractivity contribution in [1.29, 1.82) is 0 Å². The molecule has 0 unspecified atom stereocenters. The quantitative estimate of drug-likeness (QED) is 0.259. The highest BCUT2D eigenvalue weighted by molar-refractivity contribution is 7.16. The van der Waals surface area contributed by atoms with Crippen molar-refractivity contribution in [3.63, 3.8) is 0 Å². The summed E-state index contributed by atoms with van der Waals surface area (Å²) in [5.41, 5.74) is 1.05. The van der Waals surface area contributed by atoms with E-state index in [-0.39, 0.29) is 12.2 Å². The topological polar surface area (TPSA) is 113 Å². The highest BCUT2D eigenvalue weighted by atomic mass is 32.1. The van der Waals surface area contributed by atoms with Crippen LogP contribution in [0.5, 0.6) is 5.75 Å². The maximum absolute atomic E-state index is 12.4. The van der Waals surface area contributed by atoms with Gasteiger partial charge < -0.3 is 14.0 Å². The van der Waals surface area contributed by atoms with Crippen molar-refractivity contribution < 1.29 is 24.0 Å². The number of thiazole rings is 1. The molecule has 3 rings (SSSR count). The summed E-state index contributed by atoms with van der Waals surface area (Å²) in [5, 5.41) is 10.9. The molecule has 9 nitrogen and oxygen atoms in total. The first-order chi connectivity index (χ1) is 14.4. The first-order valence-electron chi connectivity index (χ1n) is 8.67. The molecule has 0 saturated heterocycles. The lowest BCUT2D eigenvalue weighted by Crippen LogP contribution is -2.22. The lowest BCUT2D eigenvalue weighted by molar-refractivity contribution is -0.384. The van der Waals surface area contributed by atoms with Gasteiger partial charge in [-0.05, 0) is 23.8 Å². The molecule has 10 heteroatoms. The number of fused-ring (bicyclic) bond motifs is 1. The van der Waals surface area contributed by atoms with Crippen molar-refractivity contribution in [3.8, 4) is 5.75 Å². The van der Waals surface area contributed by atoms with E-state index in [4.69, 9.17) is 9.47 Å². The molecule has 0 radical (unpaired) electrons. The monoisotopic (exact) mass is 427 g/mol. The average Bonchev–Trinajstić information content (AvgIpc) is 3.09. The van der Waals surface area contributed by atoms with E-state index in [0.717, 1.165) is 4.70 Å². The largest absolute Gasteiger partial charge is 0.495 e. The van der Waals surface area contributed by atoms with Crippen LogP contribution in [0.3, 0.4) is 0 Å². The van der Waals surface area contributed by atoms with Crippen LogP contribution in [0.1, 0.15) is 5.56 Å². The molecule has 1 amide bonds. The molecular formula is C20H17N3O6S. The normalized spacial score (nSPS) is 11.7. The van der Waals surface area contributed by atoms with E-state index in [1.807, 2.05) is 6.07 Å². The van der Waals surface area contributed by atoms with Crippen LogP contribution in [0.15, 0.2) is 53.5 Å². The summed E-state index contributed by atoms with van der Waals surface area (Å²) >= 11 is 1.23. The average molecular weight is 427 g/mol. The molecule has 0 fully saturated rings. The predicted molar refractivity (Wildman–Crippen MR) is 111 cm³/mol. The van der Waals surface area contributed by atoms with Gasteiger partial charge in [0.05, 0.1) is 23.8 Å². The standard InChI is InChI=1S/C20H17N3O6S/c1-28-15-7-4-8-16-19(15)22(12-18(25)29-2)20(30-16)21-17(24)10-9-13-5-3-6-14(11-13)23(26)27/h3-11H,12H2,1-2H3/b10-9+,21-20?. The SMILES string of the molecule is COC(=O)Cn1c(=NC(=O)/C=C/c2cccc([N+](=O)[O-])c2)sc2cccc(OC)c21. The predicted octanol–water partition coefficient (Wildman–Crippen LogP) is 2.93. The van der Waals surface area contributed by atoms with Crippen LogP contribution in [-0.2, 0) is 20.9 Å². The molecule has 0 aliphatic rings. The van der Waals surface area contributed by atoms with E-state index >= 15 is 0 Å². The Morgan fingerprint density at radius 1 is 1.23 bits per heavy atom. The first-order valence-corrected chi connectivity index (χ1v) is 9.49. The fourth-order valence-electron chi connectivity index (χ4n) is 2.73. The van der Waals surface area contributed by atoms with Gasteiger partial charge in [-0.15, -0.1) is 0 Å². The Bertz CT molecular complexity index is 1220. The first kappa shape index (κ1) is 20.9. The third-order valence-corrected chi connectivity index (χ3v) is 5.15. The molecule has 0 aliphatic heterocycles. The number of aromatic nitrogens is 1. The molecule has 0 saturated carbocycles. The number of hydrogen-bond acceptors (Lipinski definition) is 7. The summed E-state index contributed by atoms with van der Waals surface area (Å²) in [6.45, 7) is -0.141. The van der Waals surface area contributed by atoms with Crippen molar-refractivity contribution in [2.45, 2.75) is 6.54 Å². The summed E-state index contributed by atoms with van der Waals surface area (Å²) in [7, 11) is 2.79. The van der Waals surface area contributed by atoms with Crippen molar-refractivity contribution in [1.82, 2.24) is 4.57 Å². The Morgan fingerprint density at radius 2 is 2.00 bits per heavy atom. The molecule has 0 spiro atoms. The number of nitrogens with zero attached hydrogens (tertiary/aromatic N) is 3. The van der Waals surface area contributed by atoms with Crippen LogP contribution in [-0.4, -0.2) is 35.6 Å². The maximum Gasteiger partial charge on any atom is 0.325 e. The van der Waals surface area contributed by atoms with Crippen LogP contribution in [0.2, 0.25) is 0 Å². The third-order valence-electron chi connectivity index (χ3n) is 4.10. The maximum atomic E-state index is 12.4. The second-order valence-corrected chi connectivity index (χ2v) is 7.00. The molecule has 3 aromatic rings. The Labute approximate surface area is 174 Å². The Kier molecular flexibility index (Phi) is 6.38. The fourth-order valence-corrected chi connectivity index (χ4v) is 3.78. The van der Waals surface area contributed by atoms with E-state index in [2.05, 4.69) is 4.99 Å². The minimum atomic E-state index is -0.578. The summed E-state index contributed by atoms with van der Waals surface area (Å²) < 4.78 is 12.5. The molecule has 0 bridgehead atoms. The number of para-hydroxylation sites is 1. The van der Waals surface area contributed by atoms with Gasteiger partial charge in [-0.1, -0.05) is 29.5 Å². The number of amides is 1. The van der Waals surface area contributed by atoms with Crippen LogP contribution in [0.25, 0.3) is 16.3 Å². The van der Waals surface area contributed by atoms with Gasteiger partial charge in [-0.3, -0.25) is 19.7 Å². The van der Waals surface area contributed by atoms with Gasteiger partial charge in [0.2, 0.25) is 0 Å². The molecule has 1 heterocycles. The fraction of sp³-hybridized carbons (Fsp3) is 0.150. The minimum absolute atomic E-state index is 0.0749. The summed E-state index contributed by atoms with van der Waals surface area (Å²) in [4.78, 5) is 39.0. The number of carbonyl (C=O) groups is 2. The number of nitro benzene ring substituents is 1. The molecule has 154 valence electrons. The number of nitro groups is 1. The summed E-state index contributed by atoms with van der Waals surface area (Å²) in [6, 6.07) is 11.3. The number of carbonyl (C=O) groups excluding carboxylic acids is 2. The zero-order valence-electron chi connectivity index (χ0n) is 16.1. The van der Waals surface area contributed by atoms with Gasteiger partial charge in [-0.2, -0.15) is 4.99 Å². The lowest BCUT2D eigenvalue weighted by atomic mass is 10.2. The zero-order valence-corrected chi connectivity index (χ0v) is 16.9. The number of non-ortho nitro benzene ring substituents is 1. The molecule has 0 N–H and O–H groups in total. The second kappa shape index (κ2) is 9.14. The van der Waals surface area contributed by atoms with E-state index in [1.165, 1.54) is 55.9 Å². The second-order valence-electron chi connectivity index (χ2n) is 5.99. The van der Waals surface area contributed by atoms with E-state index < -0.39 is 16.8 Å². The lowest BCUT2D eigenvalue weighted by Gasteiger charge is -2.07. The number of hydrogen-bond donors (Lipinski definition) is 0. The van der Waals surface area contributed by atoms with Crippen molar-refractivity contribution in [2.24, 2.45) is 4.99 Å². The van der Waals surface area contributed by atoms with Gasteiger partial charge >= 0.3 is 5.97 Å². The van der Waals surface area contributed by atoms with Gasteiger partial charge in [-0.25, -0.2) is 0 Å². The van der Waals surface area contributed by atoms with Gasteiger partial charge in [0.15, 0.2) is 4.80 Å². The van der Waals surface area contributed by atoms with Crippen molar-refractivity contribution in [2.75, 3.05) is 14.2 Å². The van der Waals surface area contributed by atoms with E-state index in [0.29, 0.717) is 21.6 Å². The summed E-state index contributed by atoms with van der Waals surface area (Å²) in [6.07, 6.45) is 2.65. The van der Waals surface area contributed by atoms with Crippen LogP contribution >= 0.6 is 11.3 Å². The van der Waals surface area contributed by atoms with E-state index in [9.17, 15) is 19.7 Å². The highest BCUT2D eigenvalue weighted by Gasteiger charge is 2.15. The molecule has 30 heavy (non-hydrogen) atoms. The number of rotatable bonds is 6. The van der Waals surface area contributed by atoms with Crippen LogP contribution in [0.4, 0.5) is 5.69 Å². The van der Waals surface area contributed by atoms with Gasteiger partial charge in [0.1, 0.15) is 17.8 Å². The molecule has 0 aliphatic carbocycles. The van der Waals surface area contributed by atoms with Gasteiger partial charge in [0.25, 0.3) is 11.6 Å². The van der Waals surface area contributed by atoms with E-state index in [1.54, 1.807) is 22.8 Å².